The van der Waals surface area contributed by atoms with Gasteiger partial charge in [-0.2, -0.15) is 0 Å². The number of carbonyl (C=O) groups excluding carboxylic acids is 1. The van der Waals surface area contributed by atoms with Crippen LogP contribution in [0.15, 0.2) is 30.5 Å². The van der Waals surface area contributed by atoms with Gasteiger partial charge in [0.15, 0.2) is 0 Å². The molecule has 1 saturated heterocycles. The molecule has 1 unspecified atom stereocenters. The highest BCUT2D eigenvalue weighted by Crippen LogP contribution is 2.40. The summed E-state index contributed by atoms with van der Waals surface area (Å²) in [6.07, 6.45) is 2.77. The number of nitrogens with one attached hydrogen (secondary N) is 1. The van der Waals surface area contributed by atoms with Gasteiger partial charge < -0.3 is 10.2 Å². The van der Waals surface area contributed by atoms with E-state index in [-0.39, 0.29) is 17.4 Å². The highest BCUT2D eigenvalue weighted by Gasteiger charge is 2.36. The summed E-state index contributed by atoms with van der Waals surface area (Å²) in [5.41, 5.74) is 4.94. The molecule has 1 atom stereocenters. The lowest BCUT2D eigenvalue weighted by Crippen LogP contribution is -2.49. The molecular formula is C18H24N2O. The van der Waals surface area contributed by atoms with Crippen molar-refractivity contribution in [1.82, 2.24) is 5.32 Å². The average molecular weight is 284 g/mol. The molecule has 112 valence electrons. The number of amides is 1. The van der Waals surface area contributed by atoms with Crippen LogP contribution >= 0.6 is 0 Å². The third-order valence-corrected chi connectivity index (χ3v) is 4.54. The van der Waals surface area contributed by atoms with E-state index in [2.05, 4.69) is 55.8 Å². The standard InChI is InChI=1S/C18H24N2O/c1-12-8-9-15(17(21)19-12)20-11-10-13-6-5-7-14(16(13)20)18(2,3)4/h5-7,15H,1,8-11H2,2-4H3,(H,19,21). The van der Waals surface area contributed by atoms with E-state index in [1.54, 1.807) is 0 Å². The molecule has 1 amide bonds. The molecular weight excluding hydrogens is 260 g/mol. The van der Waals surface area contributed by atoms with Gasteiger partial charge in [0.2, 0.25) is 5.91 Å². The summed E-state index contributed by atoms with van der Waals surface area (Å²) in [7, 11) is 0. The van der Waals surface area contributed by atoms with Gasteiger partial charge in [0.25, 0.3) is 0 Å². The van der Waals surface area contributed by atoms with Crippen molar-refractivity contribution in [3.05, 3.63) is 41.6 Å². The predicted octanol–water partition coefficient (Wildman–Crippen LogP) is 3.14. The van der Waals surface area contributed by atoms with Crippen molar-refractivity contribution >= 4 is 11.6 Å². The summed E-state index contributed by atoms with van der Waals surface area (Å²) in [5, 5.41) is 2.92. The first-order chi connectivity index (χ1) is 9.88. The van der Waals surface area contributed by atoms with E-state index in [0.717, 1.165) is 31.5 Å². The van der Waals surface area contributed by atoms with Crippen LogP contribution in [0.2, 0.25) is 0 Å². The Balaban J connectivity index is 2.00. The number of para-hydroxylation sites is 1. The van der Waals surface area contributed by atoms with Gasteiger partial charge in [-0.1, -0.05) is 45.5 Å². The van der Waals surface area contributed by atoms with Crippen molar-refractivity contribution in [2.75, 3.05) is 11.4 Å². The fraction of sp³-hybridized carbons (Fsp3) is 0.500. The highest BCUT2D eigenvalue weighted by atomic mass is 16.2. The number of rotatable bonds is 1. The van der Waals surface area contributed by atoms with Gasteiger partial charge in [0.05, 0.1) is 0 Å². The zero-order chi connectivity index (χ0) is 15.2. The van der Waals surface area contributed by atoms with Crippen LogP contribution in [0.3, 0.4) is 0 Å². The minimum Gasteiger partial charge on any atom is -0.359 e. The van der Waals surface area contributed by atoms with Crippen LogP contribution in [0.1, 0.15) is 44.7 Å². The largest absolute Gasteiger partial charge is 0.359 e. The molecule has 2 aliphatic heterocycles. The number of nitrogens with zero attached hydrogens (tertiary/aromatic N) is 1. The average Bonchev–Trinajstić information content (AvgIpc) is 2.81. The van der Waals surface area contributed by atoms with Gasteiger partial charge in [-0.15, -0.1) is 0 Å². The summed E-state index contributed by atoms with van der Waals surface area (Å²) in [6, 6.07) is 6.49. The van der Waals surface area contributed by atoms with Crippen LogP contribution in [-0.4, -0.2) is 18.5 Å². The van der Waals surface area contributed by atoms with Gasteiger partial charge in [-0.05, 0) is 35.8 Å². The minimum atomic E-state index is -0.0553. The maximum absolute atomic E-state index is 12.3. The quantitative estimate of drug-likeness (QED) is 0.859. The van der Waals surface area contributed by atoms with Gasteiger partial charge in [-0.3, -0.25) is 4.79 Å². The van der Waals surface area contributed by atoms with E-state index in [1.807, 2.05) is 0 Å². The van der Waals surface area contributed by atoms with E-state index < -0.39 is 0 Å². The van der Waals surface area contributed by atoms with Crippen molar-refractivity contribution in [2.24, 2.45) is 0 Å². The molecule has 1 aromatic carbocycles. The maximum Gasteiger partial charge on any atom is 0.246 e. The molecule has 3 rings (SSSR count). The third-order valence-electron chi connectivity index (χ3n) is 4.54. The monoisotopic (exact) mass is 284 g/mol. The zero-order valence-corrected chi connectivity index (χ0v) is 13.2. The first-order valence-electron chi connectivity index (χ1n) is 7.75. The molecule has 3 nitrogen and oxygen atoms in total. The van der Waals surface area contributed by atoms with Crippen LogP contribution in [0.25, 0.3) is 0 Å². The number of piperidine rings is 1. The summed E-state index contributed by atoms with van der Waals surface area (Å²) in [6.45, 7) is 11.5. The van der Waals surface area contributed by atoms with Gasteiger partial charge in [0.1, 0.15) is 6.04 Å². The van der Waals surface area contributed by atoms with Crippen molar-refractivity contribution < 1.29 is 4.79 Å². The topological polar surface area (TPSA) is 32.3 Å². The Bertz CT molecular complexity index is 598. The first-order valence-corrected chi connectivity index (χ1v) is 7.75. The summed E-state index contributed by atoms with van der Waals surface area (Å²) < 4.78 is 0. The molecule has 0 aliphatic carbocycles. The first kappa shape index (κ1) is 14.2. The molecule has 0 aromatic heterocycles. The Hall–Kier alpha value is -1.77. The maximum atomic E-state index is 12.3. The number of benzene rings is 1. The van der Waals surface area contributed by atoms with Gasteiger partial charge >= 0.3 is 0 Å². The second-order valence-corrected chi connectivity index (χ2v) is 7.15. The number of hydrogen-bond acceptors (Lipinski definition) is 2. The van der Waals surface area contributed by atoms with Gasteiger partial charge in [-0.25, -0.2) is 0 Å². The second kappa shape index (κ2) is 4.90. The fourth-order valence-electron chi connectivity index (χ4n) is 3.46. The molecule has 0 spiro atoms. The molecule has 2 heterocycles. The number of hydrogen-bond donors (Lipinski definition) is 1. The molecule has 21 heavy (non-hydrogen) atoms. The Labute approximate surface area is 127 Å². The molecule has 0 bridgehead atoms. The molecule has 0 saturated carbocycles. The van der Waals surface area contributed by atoms with E-state index in [9.17, 15) is 4.79 Å². The second-order valence-electron chi connectivity index (χ2n) is 7.15. The highest BCUT2D eigenvalue weighted by molar-refractivity contribution is 5.89. The normalized spacial score (nSPS) is 22.2. The summed E-state index contributed by atoms with van der Waals surface area (Å²) >= 11 is 0. The fourth-order valence-corrected chi connectivity index (χ4v) is 3.46. The molecule has 0 radical (unpaired) electrons. The number of carbonyl (C=O) groups is 1. The van der Waals surface area contributed by atoms with Crippen LogP contribution in [0, 0.1) is 0 Å². The minimum absolute atomic E-state index is 0.0553. The van der Waals surface area contributed by atoms with Crippen molar-refractivity contribution in [3.8, 4) is 0 Å². The lowest BCUT2D eigenvalue weighted by molar-refractivity contribution is -0.122. The van der Waals surface area contributed by atoms with Crippen LogP contribution < -0.4 is 10.2 Å². The smallest absolute Gasteiger partial charge is 0.246 e. The SMILES string of the molecule is C=C1CCC(N2CCc3cccc(C(C)(C)C)c32)C(=O)N1. The number of fused-ring (bicyclic) bond motifs is 1. The molecule has 1 N–H and O–H groups in total. The summed E-state index contributed by atoms with van der Waals surface area (Å²) in [4.78, 5) is 14.7. The van der Waals surface area contributed by atoms with E-state index in [4.69, 9.17) is 0 Å². The Morgan fingerprint density at radius 1 is 1.29 bits per heavy atom. The molecule has 1 fully saturated rings. The van der Waals surface area contributed by atoms with Crippen molar-refractivity contribution in [3.63, 3.8) is 0 Å². The van der Waals surface area contributed by atoms with Crippen LogP contribution in [0.4, 0.5) is 5.69 Å². The molecule has 3 heteroatoms. The Morgan fingerprint density at radius 2 is 2.05 bits per heavy atom. The Kier molecular flexibility index (Phi) is 3.31. The lowest BCUT2D eigenvalue weighted by atomic mass is 9.84. The van der Waals surface area contributed by atoms with E-state index in [0.29, 0.717) is 0 Å². The lowest BCUT2D eigenvalue weighted by Gasteiger charge is -2.36. The number of allylic oxidation sites excluding steroid dienone is 1. The predicted molar refractivity (Wildman–Crippen MR) is 86.5 cm³/mol. The Morgan fingerprint density at radius 3 is 2.71 bits per heavy atom. The van der Waals surface area contributed by atoms with Crippen LogP contribution in [-0.2, 0) is 16.6 Å². The zero-order valence-electron chi connectivity index (χ0n) is 13.2. The number of anilines is 1. The van der Waals surface area contributed by atoms with E-state index >= 15 is 0 Å². The third kappa shape index (κ3) is 2.45. The van der Waals surface area contributed by atoms with Crippen LogP contribution in [0.5, 0.6) is 0 Å². The molecule has 2 aliphatic rings. The van der Waals surface area contributed by atoms with E-state index in [1.165, 1.54) is 16.8 Å². The van der Waals surface area contributed by atoms with Crippen molar-refractivity contribution in [1.29, 1.82) is 0 Å². The van der Waals surface area contributed by atoms with Gasteiger partial charge in [0, 0.05) is 17.9 Å². The summed E-state index contributed by atoms with van der Waals surface area (Å²) in [5.74, 6) is 0.0998. The molecule has 1 aromatic rings. The van der Waals surface area contributed by atoms with Crippen molar-refractivity contribution in [2.45, 2.75) is 51.5 Å².